The molecule has 1 saturated heterocycles. The largest absolute Gasteiger partial charge is 0.480 e. The number of carbonyl (C=O) groups excluding carboxylic acids is 1. The molecule has 0 bridgehead atoms. The SMILES string of the molecule is O=C(O)[C@@H]1CNCCN1C(=O)c1cccs1. The number of nitrogens with one attached hydrogen (secondary N) is 1. The number of amides is 1. The molecule has 1 aliphatic rings. The van der Waals surface area contributed by atoms with Gasteiger partial charge in [-0.15, -0.1) is 11.3 Å². The fourth-order valence-electron chi connectivity index (χ4n) is 1.71. The standard InChI is InChI=1S/C10H12N2O3S/c13-9(8-2-1-5-16-8)12-4-3-11-6-7(12)10(14)15/h1-2,5,7,11H,3-4,6H2,(H,14,15)/t7-/m0/s1. The monoisotopic (exact) mass is 240 g/mol. The maximum atomic E-state index is 12.0. The van der Waals surface area contributed by atoms with Crippen molar-refractivity contribution < 1.29 is 14.7 Å². The van der Waals surface area contributed by atoms with E-state index in [1.807, 2.05) is 5.38 Å². The number of aliphatic carboxylic acids is 1. The van der Waals surface area contributed by atoms with Gasteiger partial charge in [-0.05, 0) is 11.4 Å². The highest BCUT2D eigenvalue weighted by Gasteiger charge is 2.32. The second-order valence-corrected chi connectivity index (χ2v) is 4.48. The molecule has 1 aromatic rings. The van der Waals surface area contributed by atoms with Gasteiger partial charge in [0.15, 0.2) is 0 Å². The van der Waals surface area contributed by atoms with Crippen molar-refractivity contribution in [3.8, 4) is 0 Å². The number of piperazine rings is 1. The third-order valence-corrected chi connectivity index (χ3v) is 3.38. The van der Waals surface area contributed by atoms with Crippen LogP contribution in [0.2, 0.25) is 0 Å². The lowest BCUT2D eigenvalue weighted by Gasteiger charge is -2.33. The second-order valence-electron chi connectivity index (χ2n) is 3.53. The molecule has 0 unspecified atom stereocenters. The number of hydrogen-bond acceptors (Lipinski definition) is 4. The Hall–Kier alpha value is -1.40. The number of hydrogen-bond donors (Lipinski definition) is 2. The third-order valence-electron chi connectivity index (χ3n) is 2.52. The summed E-state index contributed by atoms with van der Waals surface area (Å²) in [6.45, 7) is 1.39. The molecule has 1 aromatic heterocycles. The van der Waals surface area contributed by atoms with Crippen LogP contribution in [-0.4, -0.2) is 47.6 Å². The van der Waals surface area contributed by atoms with Crippen LogP contribution < -0.4 is 5.32 Å². The van der Waals surface area contributed by atoms with Gasteiger partial charge in [-0.1, -0.05) is 6.07 Å². The van der Waals surface area contributed by atoms with Gasteiger partial charge in [-0.25, -0.2) is 4.79 Å². The molecule has 1 amide bonds. The van der Waals surface area contributed by atoms with Crippen LogP contribution in [0, 0.1) is 0 Å². The van der Waals surface area contributed by atoms with Crippen LogP contribution >= 0.6 is 11.3 Å². The predicted octanol–water partition coefficient (Wildman–Crippen LogP) is 0.247. The lowest BCUT2D eigenvalue weighted by molar-refractivity contribution is -0.142. The van der Waals surface area contributed by atoms with Gasteiger partial charge in [-0.2, -0.15) is 0 Å². The molecule has 0 saturated carbocycles. The summed E-state index contributed by atoms with van der Waals surface area (Å²) in [6, 6.07) is 2.74. The summed E-state index contributed by atoms with van der Waals surface area (Å²) in [6.07, 6.45) is 0. The van der Waals surface area contributed by atoms with Crippen molar-refractivity contribution in [1.82, 2.24) is 10.2 Å². The highest BCUT2D eigenvalue weighted by Crippen LogP contribution is 2.15. The smallest absolute Gasteiger partial charge is 0.327 e. The summed E-state index contributed by atoms with van der Waals surface area (Å²) < 4.78 is 0. The van der Waals surface area contributed by atoms with E-state index in [0.29, 0.717) is 24.5 Å². The summed E-state index contributed by atoms with van der Waals surface area (Å²) in [7, 11) is 0. The first-order valence-corrected chi connectivity index (χ1v) is 5.86. The Morgan fingerprint density at radius 3 is 3.00 bits per heavy atom. The molecule has 5 nitrogen and oxygen atoms in total. The molecule has 6 heteroatoms. The normalized spacial score (nSPS) is 20.8. The summed E-state index contributed by atoms with van der Waals surface area (Å²) in [5.41, 5.74) is 0. The highest BCUT2D eigenvalue weighted by atomic mass is 32.1. The maximum absolute atomic E-state index is 12.0. The van der Waals surface area contributed by atoms with Crippen LogP contribution in [0.15, 0.2) is 17.5 Å². The van der Waals surface area contributed by atoms with E-state index in [2.05, 4.69) is 5.32 Å². The molecule has 0 radical (unpaired) electrons. The van der Waals surface area contributed by atoms with Crippen LogP contribution in [0.1, 0.15) is 9.67 Å². The molecule has 2 rings (SSSR count). The second kappa shape index (κ2) is 4.63. The molecule has 1 fully saturated rings. The van der Waals surface area contributed by atoms with E-state index >= 15 is 0 Å². The summed E-state index contributed by atoms with van der Waals surface area (Å²) in [5, 5.41) is 13.8. The molecule has 16 heavy (non-hydrogen) atoms. The molecule has 0 aromatic carbocycles. The average Bonchev–Trinajstić information content (AvgIpc) is 2.81. The summed E-state index contributed by atoms with van der Waals surface area (Å²) in [4.78, 5) is 25.0. The predicted molar refractivity (Wildman–Crippen MR) is 59.6 cm³/mol. The molecule has 0 spiro atoms. The fraction of sp³-hybridized carbons (Fsp3) is 0.400. The van der Waals surface area contributed by atoms with E-state index in [4.69, 9.17) is 5.11 Å². The minimum atomic E-state index is -0.961. The zero-order valence-electron chi connectivity index (χ0n) is 8.55. The van der Waals surface area contributed by atoms with Gasteiger partial charge < -0.3 is 15.3 Å². The summed E-state index contributed by atoms with van der Waals surface area (Å²) >= 11 is 1.33. The van der Waals surface area contributed by atoms with Gasteiger partial charge in [0.1, 0.15) is 6.04 Å². The molecular formula is C10H12N2O3S. The average molecular weight is 240 g/mol. The fourth-order valence-corrected chi connectivity index (χ4v) is 2.39. The first kappa shape index (κ1) is 11.1. The Morgan fingerprint density at radius 2 is 2.38 bits per heavy atom. The zero-order valence-corrected chi connectivity index (χ0v) is 9.37. The topological polar surface area (TPSA) is 69.6 Å². The van der Waals surface area contributed by atoms with E-state index in [9.17, 15) is 9.59 Å². The van der Waals surface area contributed by atoms with Crippen LogP contribution in [-0.2, 0) is 4.79 Å². The molecule has 0 aliphatic carbocycles. The van der Waals surface area contributed by atoms with Crippen LogP contribution in [0.4, 0.5) is 0 Å². The van der Waals surface area contributed by atoms with Crippen molar-refractivity contribution in [2.75, 3.05) is 19.6 Å². The molecule has 86 valence electrons. The third kappa shape index (κ3) is 2.07. The molecular weight excluding hydrogens is 228 g/mol. The highest BCUT2D eigenvalue weighted by molar-refractivity contribution is 7.12. The number of nitrogens with zero attached hydrogens (tertiary/aromatic N) is 1. The number of thiophene rings is 1. The number of rotatable bonds is 2. The Morgan fingerprint density at radius 1 is 1.56 bits per heavy atom. The Labute approximate surface area is 96.7 Å². The molecule has 2 heterocycles. The van der Waals surface area contributed by atoms with Gasteiger partial charge in [0, 0.05) is 19.6 Å². The van der Waals surface area contributed by atoms with E-state index in [0.717, 1.165) is 0 Å². The minimum Gasteiger partial charge on any atom is -0.480 e. The van der Waals surface area contributed by atoms with Crippen molar-refractivity contribution in [3.05, 3.63) is 22.4 Å². The lowest BCUT2D eigenvalue weighted by atomic mass is 10.2. The van der Waals surface area contributed by atoms with Crippen LogP contribution in [0.5, 0.6) is 0 Å². The van der Waals surface area contributed by atoms with E-state index in [1.54, 1.807) is 12.1 Å². The van der Waals surface area contributed by atoms with Gasteiger partial charge in [0.05, 0.1) is 4.88 Å². The number of carboxylic acids is 1. The first-order chi connectivity index (χ1) is 7.70. The van der Waals surface area contributed by atoms with Gasteiger partial charge >= 0.3 is 5.97 Å². The quantitative estimate of drug-likeness (QED) is 0.777. The van der Waals surface area contributed by atoms with E-state index in [-0.39, 0.29) is 5.91 Å². The molecule has 1 aliphatic heterocycles. The Bertz CT molecular complexity index is 391. The maximum Gasteiger partial charge on any atom is 0.327 e. The number of carboxylic acid groups (broad SMARTS) is 1. The van der Waals surface area contributed by atoms with Crippen molar-refractivity contribution in [2.24, 2.45) is 0 Å². The van der Waals surface area contributed by atoms with Gasteiger partial charge in [0.2, 0.25) is 0 Å². The van der Waals surface area contributed by atoms with Crippen molar-refractivity contribution in [3.63, 3.8) is 0 Å². The van der Waals surface area contributed by atoms with E-state index < -0.39 is 12.0 Å². The Balaban J connectivity index is 2.17. The van der Waals surface area contributed by atoms with Crippen LogP contribution in [0.3, 0.4) is 0 Å². The Kier molecular flexibility index (Phi) is 3.21. The van der Waals surface area contributed by atoms with Gasteiger partial charge in [0.25, 0.3) is 5.91 Å². The van der Waals surface area contributed by atoms with Crippen molar-refractivity contribution >= 4 is 23.2 Å². The van der Waals surface area contributed by atoms with Crippen molar-refractivity contribution in [2.45, 2.75) is 6.04 Å². The summed E-state index contributed by atoms with van der Waals surface area (Å²) in [5.74, 6) is -1.15. The molecule has 2 N–H and O–H groups in total. The van der Waals surface area contributed by atoms with Crippen LogP contribution in [0.25, 0.3) is 0 Å². The van der Waals surface area contributed by atoms with E-state index in [1.165, 1.54) is 16.2 Å². The van der Waals surface area contributed by atoms with Crippen molar-refractivity contribution in [1.29, 1.82) is 0 Å². The molecule has 1 atom stereocenters. The zero-order chi connectivity index (χ0) is 11.5. The number of carbonyl (C=O) groups is 2. The van der Waals surface area contributed by atoms with Gasteiger partial charge in [-0.3, -0.25) is 4.79 Å². The minimum absolute atomic E-state index is 0.191. The lowest BCUT2D eigenvalue weighted by Crippen LogP contribution is -2.56. The first-order valence-electron chi connectivity index (χ1n) is 4.98.